The SMILES string of the molecule is COc1ccc(OCCCC(=O)N(C)Cc2nc(-c3cccc(C)c3)no2)cc1. The highest BCUT2D eigenvalue weighted by molar-refractivity contribution is 5.75. The molecule has 3 aromatic rings. The molecule has 3 rings (SSSR count). The molecule has 1 amide bonds. The van der Waals surface area contributed by atoms with E-state index in [9.17, 15) is 4.79 Å². The van der Waals surface area contributed by atoms with Crippen LogP contribution in [0.25, 0.3) is 11.4 Å². The Hall–Kier alpha value is -3.35. The molecule has 0 radical (unpaired) electrons. The van der Waals surface area contributed by atoms with Gasteiger partial charge in [-0.3, -0.25) is 4.79 Å². The molecule has 152 valence electrons. The van der Waals surface area contributed by atoms with Crippen molar-refractivity contribution in [3.8, 4) is 22.9 Å². The topological polar surface area (TPSA) is 77.7 Å². The minimum absolute atomic E-state index is 0.00126. The van der Waals surface area contributed by atoms with Crippen LogP contribution in [0.15, 0.2) is 53.1 Å². The average molecular weight is 395 g/mol. The molecule has 0 saturated heterocycles. The minimum atomic E-state index is -0.00126. The number of rotatable bonds is 9. The van der Waals surface area contributed by atoms with Crippen LogP contribution >= 0.6 is 0 Å². The lowest BCUT2D eigenvalue weighted by Gasteiger charge is -2.14. The summed E-state index contributed by atoms with van der Waals surface area (Å²) in [6, 6.07) is 15.2. The van der Waals surface area contributed by atoms with E-state index < -0.39 is 0 Å². The second-order valence-corrected chi connectivity index (χ2v) is 6.76. The zero-order valence-corrected chi connectivity index (χ0v) is 16.9. The molecule has 29 heavy (non-hydrogen) atoms. The van der Waals surface area contributed by atoms with E-state index in [1.807, 2.05) is 55.5 Å². The van der Waals surface area contributed by atoms with E-state index in [0.717, 1.165) is 22.6 Å². The highest BCUT2D eigenvalue weighted by atomic mass is 16.5. The summed E-state index contributed by atoms with van der Waals surface area (Å²) in [5.41, 5.74) is 2.02. The van der Waals surface area contributed by atoms with Crippen molar-refractivity contribution in [2.45, 2.75) is 26.3 Å². The highest BCUT2D eigenvalue weighted by Gasteiger charge is 2.14. The lowest BCUT2D eigenvalue weighted by Crippen LogP contribution is -2.26. The molecule has 0 N–H and O–H groups in total. The fourth-order valence-corrected chi connectivity index (χ4v) is 2.79. The van der Waals surface area contributed by atoms with Crippen molar-refractivity contribution >= 4 is 5.91 Å². The number of nitrogens with zero attached hydrogens (tertiary/aromatic N) is 3. The molecule has 0 spiro atoms. The van der Waals surface area contributed by atoms with Crippen LogP contribution in [-0.4, -0.2) is 41.7 Å². The van der Waals surface area contributed by atoms with Gasteiger partial charge in [-0.05, 0) is 43.7 Å². The van der Waals surface area contributed by atoms with Crippen molar-refractivity contribution in [1.29, 1.82) is 0 Å². The Morgan fingerprint density at radius 1 is 1.14 bits per heavy atom. The number of benzene rings is 2. The van der Waals surface area contributed by atoms with E-state index >= 15 is 0 Å². The largest absolute Gasteiger partial charge is 0.497 e. The molecule has 0 bridgehead atoms. The van der Waals surface area contributed by atoms with Crippen LogP contribution in [0, 0.1) is 6.92 Å². The van der Waals surface area contributed by atoms with Crippen LogP contribution in [0.5, 0.6) is 11.5 Å². The molecular formula is C22H25N3O4. The molecule has 0 aliphatic rings. The Labute approximate surface area is 170 Å². The first-order valence-corrected chi connectivity index (χ1v) is 9.45. The molecule has 2 aromatic carbocycles. The summed E-state index contributed by atoms with van der Waals surface area (Å²) in [7, 11) is 3.35. The lowest BCUT2D eigenvalue weighted by atomic mass is 10.1. The van der Waals surface area contributed by atoms with E-state index in [0.29, 0.717) is 31.2 Å². The van der Waals surface area contributed by atoms with Crippen LogP contribution in [0.1, 0.15) is 24.3 Å². The van der Waals surface area contributed by atoms with Crippen LogP contribution < -0.4 is 9.47 Å². The zero-order valence-electron chi connectivity index (χ0n) is 16.9. The Balaban J connectivity index is 1.43. The van der Waals surface area contributed by atoms with Gasteiger partial charge in [0.1, 0.15) is 11.5 Å². The van der Waals surface area contributed by atoms with E-state index in [1.165, 1.54) is 0 Å². The summed E-state index contributed by atoms with van der Waals surface area (Å²) < 4.78 is 16.1. The van der Waals surface area contributed by atoms with Gasteiger partial charge in [-0.1, -0.05) is 28.9 Å². The summed E-state index contributed by atoms with van der Waals surface area (Å²) >= 11 is 0. The number of carbonyl (C=O) groups excluding carboxylic acids is 1. The maximum atomic E-state index is 12.3. The fourth-order valence-electron chi connectivity index (χ4n) is 2.79. The fraction of sp³-hybridized carbons (Fsp3) is 0.318. The number of amides is 1. The Kier molecular flexibility index (Phi) is 6.84. The molecule has 0 aliphatic carbocycles. The van der Waals surface area contributed by atoms with Crippen LogP contribution in [0.3, 0.4) is 0 Å². The van der Waals surface area contributed by atoms with Crippen molar-refractivity contribution in [2.75, 3.05) is 20.8 Å². The maximum absolute atomic E-state index is 12.3. The Bertz CT molecular complexity index is 937. The van der Waals surface area contributed by atoms with Crippen LogP contribution in [0.4, 0.5) is 0 Å². The quantitative estimate of drug-likeness (QED) is 0.512. The first kappa shape index (κ1) is 20.4. The average Bonchev–Trinajstić information content (AvgIpc) is 3.20. The third-order valence-electron chi connectivity index (χ3n) is 4.41. The van der Waals surface area contributed by atoms with Gasteiger partial charge in [-0.2, -0.15) is 4.98 Å². The van der Waals surface area contributed by atoms with Gasteiger partial charge in [-0.25, -0.2) is 0 Å². The molecular weight excluding hydrogens is 370 g/mol. The number of methoxy groups -OCH3 is 1. The molecule has 1 aromatic heterocycles. The van der Waals surface area contributed by atoms with Gasteiger partial charge in [0.25, 0.3) is 0 Å². The van der Waals surface area contributed by atoms with Crippen molar-refractivity contribution < 1.29 is 18.8 Å². The van der Waals surface area contributed by atoms with Crippen molar-refractivity contribution in [3.63, 3.8) is 0 Å². The van der Waals surface area contributed by atoms with Crippen molar-refractivity contribution in [1.82, 2.24) is 15.0 Å². The van der Waals surface area contributed by atoms with Gasteiger partial charge in [0.2, 0.25) is 17.6 Å². The number of hydrogen-bond acceptors (Lipinski definition) is 6. The molecule has 0 fully saturated rings. The molecule has 0 aliphatic heterocycles. The standard InChI is InChI=1S/C22H25N3O4/c1-16-6-4-7-17(14-16)22-23-20(29-24-22)15-25(2)21(26)8-5-13-28-19-11-9-18(27-3)10-12-19/h4,6-7,9-12,14H,5,8,13,15H2,1-3H3. The second-order valence-electron chi connectivity index (χ2n) is 6.76. The maximum Gasteiger partial charge on any atom is 0.246 e. The summed E-state index contributed by atoms with van der Waals surface area (Å²) in [6.07, 6.45) is 0.999. The zero-order chi connectivity index (χ0) is 20.6. The van der Waals surface area contributed by atoms with Gasteiger partial charge < -0.3 is 18.9 Å². The number of ether oxygens (including phenoxy) is 2. The molecule has 7 heteroatoms. The number of hydrogen-bond donors (Lipinski definition) is 0. The number of aromatic nitrogens is 2. The predicted octanol–water partition coefficient (Wildman–Crippen LogP) is 3.87. The van der Waals surface area contributed by atoms with Crippen LogP contribution in [0.2, 0.25) is 0 Å². The van der Waals surface area contributed by atoms with E-state index in [2.05, 4.69) is 10.1 Å². The predicted molar refractivity (Wildman–Crippen MR) is 109 cm³/mol. The molecule has 1 heterocycles. The van der Waals surface area contributed by atoms with E-state index in [1.54, 1.807) is 19.1 Å². The molecule has 0 atom stereocenters. The van der Waals surface area contributed by atoms with Gasteiger partial charge >= 0.3 is 0 Å². The Morgan fingerprint density at radius 2 is 1.90 bits per heavy atom. The number of aryl methyl sites for hydroxylation is 1. The first-order valence-electron chi connectivity index (χ1n) is 9.45. The highest BCUT2D eigenvalue weighted by Crippen LogP contribution is 2.18. The monoisotopic (exact) mass is 395 g/mol. The van der Waals surface area contributed by atoms with Crippen molar-refractivity contribution in [3.05, 3.63) is 60.0 Å². The smallest absolute Gasteiger partial charge is 0.246 e. The summed E-state index contributed by atoms with van der Waals surface area (Å²) in [5, 5.41) is 4.01. The van der Waals surface area contributed by atoms with Gasteiger partial charge in [-0.15, -0.1) is 0 Å². The summed E-state index contributed by atoms with van der Waals surface area (Å²) in [6.45, 7) is 2.75. The molecule has 7 nitrogen and oxygen atoms in total. The van der Waals surface area contributed by atoms with Crippen molar-refractivity contribution in [2.24, 2.45) is 0 Å². The summed E-state index contributed by atoms with van der Waals surface area (Å²) in [5.74, 6) is 2.46. The lowest BCUT2D eigenvalue weighted by molar-refractivity contribution is -0.131. The minimum Gasteiger partial charge on any atom is -0.497 e. The third-order valence-corrected chi connectivity index (χ3v) is 4.41. The van der Waals surface area contributed by atoms with Crippen LogP contribution in [-0.2, 0) is 11.3 Å². The summed E-state index contributed by atoms with van der Waals surface area (Å²) in [4.78, 5) is 18.3. The van der Waals surface area contributed by atoms with Gasteiger partial charge in [0.05, 0.1) is 20.3 Å². The normalized spacial score (nSPS) is 10.6. The third kappa shape index (κ3) is 5.81. The van der Waals surface area contributed by atoms with E-state index in [4.69, 9.17) is 14.0 Å². The Morgan fingerprint density at radius 3 is 2.62 bits per heavy atom. The second kappa shape index (κ2) is 9.73. The molecule has 0 unspecified atom stereocenters. The number of carbonyl (C=O) groups is 1. The van der Waals surface area contributed by atoms with Gasteiger partial charge in [0, 0.05) is 19.0 Å². The first-order chi connectivity index (χ1) is 14.0. The molecule has 0 saturated carbocycles. The van der Waals surface area contributed by atoms with Gasteiger partial charge in [0.15, 0.2) is 0 Å². The van der Waals surface area contributed by atoms with E-state index in [-0.39, 0.29) is 12.5 Å².